The van der Waals surface area contributed by atoms with Crippen molar-refractivity contribution in [3.63, 3.8) is 0 Å². The van der Waals surface area contributed by atoms with Crippen LogP contribution in [0.4, 0.5) is 0 Å². The first kappa shape index (κ1) is 20.0. The van der Waals surface area contributed by atoms with Gasteiger partial charge in [-0.3, -0.25) is 9.89 Å². The van der Waals surface area contributed by atoms with Crippen LogP contribution >= 0.6 is 24.0 Å². The van der Waals surface area contributed by atoms with Gasteiger partial charge in [0.25, 0.3) is 0 Å². The van der Waals surface area contributed by atoms with E-state index < -0.39 is 0 Å². The third-order valence-electron chi connectivity index (χ3n) is 4.06. The summed E-state index contributed by atoms with van der Waals surface area (Å²) in [6.45, 7) is 16.8. The quantitative estimate of drug-likeness (QED) is 0.428. The SMILES string of the molecule is CCNC(=NCC(C)(C)C)N1CCC(N2CCOCC2)C1.I. The molecule has 6 heteroatoms. The lowest BCUT2D eigenvalue weighted by molar-refractivity contribution is 0.0195. The van der Waals surface area contributed by atoms with E-state index in [0.717, 1.165) is 58.4 Å². The summed E-state index contributed by atoms with van der Waals surface area (Å²) in [7, 11) is 0. The van der Waals surface area contributed by atoms with Crippen LogP contribution in [-0.4, -0.2) is 74.3 Å². The maximum atomic E-state index is 5.46. The third-order valence-corrected chi connectivity index (χ3v) is 4.06. The van der Waals surface area contributed by atoms with E-state index in [1.54, 1.807) is 0 Å². The summed E-state index contributed by atoms with van der Waals surface area (Å²) < 4.78 is 5.46. The first-order chi connectivity index (χ1) is 9.99. The lowest BCUT2D eigenvalue weighted by Gasteiger charge is -2.32. The highest BCUT2D eigenvalue weighted by molar-refractivity contribution is 14.0. The number of rotatable bonds is 3. The lowest BCUT2D eigenvalue weighted by atomic mass is 9.97. The average Bonchev–Trinajstić information content (AvgIpc) is 2.93. The van der Waals surface area contributed by atoms with E-state index in [2.05, 4.69) is 42.8 Å². The van der Waals surface area contributed by atoms with Crippen molar-refractivity contribution in [2.75, 3.05) is 52.5 Å². The first-order valence-electron chi connectivity index (χ1n) is 8.34. The predicted octanol–water partition coefficient (Wildman–Crippen LogP) is 2.02. The Kier molecular flexibility index (Phi) is 8.42. The zero-order valence-electron chi connectivity index (χ0n) is 14.6. The molecule has 2 saturated heterocycles. The van der Waals surface area contributed by atoms with Gasteiger partial charge >= 0.3 is 0 Å². The standard InChI is InChI=1S/C16H32N4O.HI/c1-5-17-15(18-13-16(2,3)4)20-7-6-14(12-20)19-8-10-21-11-9-19;/h14H,5-13H2,1-4H3,(H,17,18);1H. The monoisotopic (exact) mass is 424 g/mol. The molecule has 0 aromatic rings. The summed E-state index contributed by atoms with van der Waals surface area (Å²) in [5, 5.41) is 3.45. The second kappa shape index (κ2) is 9.27. The normalized spacial score (nSPS) is 24.3. The molecule has 1 N–H and O–H groups in total. The number of ether oxygens (including phenoxy) is 1. The van der Waals surface area contributed by atoms with Crippen molar-refractivity contribution in [2.24, 2.45) is 10.4 Å². The number of morpholine rings is 1. The molecule has 0 radical (unpaired) electrons. The highest BCUT2D eigenvalue weighted by Gasteiger charge is 2.30. The molecule has 1 atom stereocenters. The van der Waals surface area contributed by atoms with E-state index in [9.17, 15) is 0 Å². The van der Waals surface area contributed by atoms with Crippen molar-refractivity contribution >= 4 is 29.9 Å². The van der Waals surface area contributed by atoms with Crippen LogP contribution in [0.5, 0.6) is 0 Å². The molecule has 0 aromatic carbocycles. The molecule has 0 amide bonds. The molecule has 2 aliphatic heterocycles. The van der Waals surface area contributed by atoms with E-state index in [1.807, 2.05) is 0 Å². The van der Waals surface area contributed by atoms with Gasteiger partial charge in [-0.15, -0.1) is 24.0 Å². The van der Waals surface area contributed by atoms with Crippen molar-refractivity contribution < 1.29 is 4.74 Å². The molecule has 2 aliphatic rings. The molecular weight excluding hydrogens is 391 g/mol. The number of hydrogen-bond donors (Lipinski definition) is 1. The second-order valence-corrected chi connectivity index (χ2v) is 7.27. The van der Waals surface area contributed by atoms with Gasteiger partial charge in [-0.25, -0.2) is 0 Å². The zero-order chi connectivity index (χ0) is 15.3. The molecule has 1 unspecified atom stereocenters. The number of guanidine groups is 1. The van der Waals surface area contributed by atoms with Crippen molar-refractivity contribution in [2.45, 2.75) is 40.2 Å². The van der Waals surface area contributed by atoms with Gasteiger partial charge in [0.05, 0.1) is 13.2 Å². The fraction of sp³-hybridized carbons (Fsp3) is 0.938. The van der Waals surface area contributed by atoms with Gasteiger partial charge < -0.3 is 15.0 Å². The Labute approximate surface area is 152 Å². The molecule has 0 bridgehead atoms. The van der Waals surface area contributed by atoms with Crippen LogP contribution in [0.3, 0.4) is 0 Å². The van der Waals surface area contributed by atoms with Gasteiger partial charge in [-0.1, -0.05) is 20.8 Å². The van der Waals surface area contributed by atoms with Crippen LogP contribution in [0.15, 0.2) is 4.99 Å². The number of aliphatic imine (C=N–C) groups is 1. The number of hydrogen-bond acceptors (Lipinski definition) is 3. The Hall–Kier alpha value is -0.0800. The maximum Gasteiger partial charge on any atom is 0.193 e. The van der Waals surface area contributed by atoms with Crippen LogP contribution < -0.4 is 5.32 Å². The third kappa shape index (κ3) is 6.20. The second-order valence-electron chi connectivity index (χ2n) is 7.27. The van der Waals surface area contributed by atoms with Crippen molar-refractivity contribution in [1.82, 2.24) is 15.1 Å². The molecule has 2 fully saturated rings. The molecule has 5 nitrogen and oxygen atoms in total. The van der Waals surface area contributed by atoms with Crippen LogP contribution in [0.2, 0.25) is 0 Å². The molecule has 0 aliphatic carbocycles. The zero-order valence-corrected chi connectivity index (χ0v) is 16.9. The number of likely N-dealkylation sites (tertiary alicyclic amines) is 1. The molecule has 0 aromatic heterocycles. The van der Waals surface area contributed by atoms with Crippen LogP contribution in [0.1, 0.15) is 34.1 Å². The Morgan fingerprint density at radius 2 is 1.91 bits per heavy atom. The minimum atomic E-state index is 0. The molecule has 2 heterocycles. The molecule has 130 valence electrons. The van der Waals surface area contributed by atoms with Gasteiger partial charge in [-0.05, 0) is 18.8 Å². The Morgan fingerprint density at radius 3 is 2.50 bits per heavy atom. The van der Waals surface area contributed by atoms with Gasteiger partial charge in [-0.2, -0.15) is 0 Å². The summed E-state index contributed by atoms with van der Waals surface area (Å²) in [6, 6.07) is 0.660. The molecule has 22 heavy (non-hydrogen) atoms. The Balaban J connectivity index is 0.00000242. The maximum absolute atomic E-state index is 5.46. The number of nitrogens with zero attached hydrogens (tertiary/aromatic N) is 3. The van der Waals surface area contributed by atoms with Gasteiger partial charge in [0.1, 0.15) is 0 Å². The predicted molar refractivity (Wildman–Crippen MR) is 103 cm³/mol. The van der Waals surface area contributed by atoms with Crippen LogP contribution in [-0.2, 0) is 4.74 Å². The first-order valence-corrected chi connectivity index (χ1v) is 8.34. The van der Waals surface area contributed by atoms with Gasteiger partial charge in [0.2, 0.25) is 0 Å². The Bertz CT molecular complexity index is 351. The van der Waals surface area contributed by atoms with Crippen LogP contribution in [0.25, 0.3) is 0 Å². The fourth-order valence-electron chi connectivity index (χ4n) is 2.91. The van der Waals surface area contributed by atoms with Gasteiger partial charge in [0.15, 0.2) is 5.96 Å². The summed E-state index contributed by atoms with van der Waals surface area (Å²) in [4.78, 5) is 9.84. The van der Waals surface area contributed by atoms with Crippen molar-refractivity contribution in [3.8, 4) is 0 Å². The minimum Gasteiger partial charge on any atom is -0.379 e. The topological polar surface area (TPSA) is 40.1 Å². The molecule has 0 spiro atoms. The lowest BCUT2D eigenvalue weighted by Crippen LogP contribution is -2.46. The smallest absolute Gasteiger partial charge is 0.193 e. The average molecular weight is 424 g/mol. The highest BCUT2D eigenvalue weighted by atomic mass is 127. The van der Waals surface area contributed by atoms with E-state index >= 15 is 0 Å². The van der Waals surface area contributed by atoms with Crippen LogP contribution in [0, 0.1) is 5.41 Å². The van der Waals surface area contributed by atoms with E-state index in [0.29, 0.717) is 6.04 Å². The summed E-state index contributed by atoms with van der Waals surface area (Å²) in [5.41, 5.74) is 0.240. The molecule has 0 saturated carbocycles. The number of nitrogens with one attached hydrogen (secondary N) is 1. The van der Waals surface area contributed by atoms with E-state index in [1.165, 1.54) is 6.42 Å². The van der Waals surface area contributed by atoms with E-state index in [-0.39, 0.29) is 29.4 Å². The van der Waals surface area contributed by atoms with Crippen molar-refractivity contribution in [1.29, 1.82) is 0 Å². The van der Waals surface area contributed by atoms with Gasteiger partial charge in [0, 0.05) is 45.3 Å². The summed E-state index contributed by atoms with van der Waals surface area (Å²) in [5.74, 6) is 1.09. The summed E-state index contributed by atoms with van der Waals surface area (Å²) >= 11 is 0. The highest BCUT2D eigenvalue weighted by Crippen LogP contribution is 2.18. The Morgan fingerprint density at radius 1 is 1.23 bits per heavy atom. The molecular formula is C16H33IN4O. The molecule has 2 rings (SSSR count). The minimum absolute atomic E-state index is 0. The van der Waals surface area contributed by atoms with E-state index in [4.69, 9.17) is 9.73 Å². The summed E-state index contributed by atoms with van der Waals surface area (Å²) in [6.07, 6.45) is 1.24. The van der Waals surface area contributed by atoms with Crippen molar-refractivity contribution in [3.05, 3.63) is 0 Å². The fourth-order valence-corrected chi connectivity index (χ4v) is 2.91. The largest absolute Gasteiger partial charge is 0.379 e. The number of halogens is 1.